The van der Waals surface area contributed by atoms with Gasteiger partial charge in [-0.3, -0.25) is 14.9 Å². The van der Waals surface area contributed by atoms with Crippen LogP contribution in [-0.4, -0.2) is 18.0 Å². The maximum absolute atomic E-state index is 11.6. The van der Waals surface area contributed by atoms with Crippen LogP contribution in [0.1, 0.15) is 24.3 Å². The van der Waals surface area contributed by atoms with Crippen molar-refractivity contribution in [3.8, 4) is 6.07 Å². The lowest BCUT2D eigenvalue weighted by Crippen LogP contribution is -2.14. The van der Waals surface area contributed by atoms with E-state index in [-0.39, 0.29) is 12.1 Å². The maximum Gasteiger partial charge on any atom is 0.313 e. The molecule has 0 saturated carbocycles. The van der Waals surface area contributed by atoms with E-state index in [1.54, 1.807) is 0 Å². The molecule has 6 heteroatoms. The first-order valence-corrected chi connectivity index (χ1v) is 5.29. The van der Waals surface area contributed by atoms with E-state index in [4.69, 9.17) is 5.26 Å². The van der Waals surface area contributed by atoms with Crippen LogP contribution < -0.4 is 0 Å². The molecule has 0 aliphatic carbocycles. The normalized spacial score (nSPS) is 11.3. The third-order valence-electron chi connectivity index (χ3n) is 2.54. The summed E-state index contributed by atoms with van der Waals surface area (Å²) >= 11 is 0. The lowest BCUT2D eigenvalue weighted by atomic mass is 9.94. The van der Waals surface area contributed by atoms with E-state index in [2.05, 4.69) is 4.74 Å². The van der Waals surface area contributed by atoms with Crippen molar-refractivity contribution in [1.82, 2.24) is 0 Å². The van der Waals surface area contributed by atoms with Crippen LogP contribution in [0, 0.1) is 21.4 Å². The van der Waals surface area contributed by atoms with Crippen LogP contribution in [0.4, 0.5) is 5.69 Å². The third kappa shape index (κ3) is 3.28. The highest BCUT2D eigenvalue weighted by molar-refractivity contribution is 5.78. The maximum atomic E-state index is 11.6. The van der Waals surface area contributed by atoms with Crippen LogP contribution in [0.3, 0.4) is 0 Å². The van der Waals surface area contributed by atoms with Crippen molar-refractivity contribution in [1.29, 1.82) is 5.26 Å². The molecule has 0 aliphatic rings. The minimum atomic E-state index is -0.560. The van der Waals surface area contributed by atoms with Crippen LogP contribution in [0.15, 0.2) is 24.3 Å². The van der Waals surface area contributed by atoms with E-state index in [9.17, 15) is 14.9 Å². The largest absolute Gasteiger partial charge is 0.469 e. The molecule has 0 spiro atoms. The summed E-state index contributed by atoms with van der Waals surface area (Å²) in [5.41, 5.74) is 0.574. The minimum absolute atomic E-state index is 0.0392. The summed E-state index contributed by atoms with van der Waals surface area (Å²) < 4.78 is 4.66. The highest BCUT2D eigenvalue weighted by Gasteiger charge is 2.21. The predicted octanol–water partition coefficient (Wildman–Crippen LogP) is 2.16. The van der Waals surface area contributed by atoms with Crippen molar-refractivity contribution >= 4 is 11.7 Å². The Morgan fingerprint density at radius 2 is 2.11 bits per heavy atom. The van der Waals surface area contributed by atoms with Gasteiger partial charge in [-0.25, -0.2) is 0 Å². The number of hydrogen-bond donors (Lipinski definition) is 0. The van der Waals surface area contributed by atoms with Gasteiger partial charge >= 0.3 is 5.97 Å². The quantitative estimate of drug-likeness (QED) is 0.452. The number of non-ortho nitro benzene ring substituents is 1. The Bertz CT molecular complexity index is 476. The Hall–Kier alpha value is -2.42. The number of carbonyl (C=O) groups is 1. The molecule has 6 nitrogen and oxygen atoms in total. The average Bonchev–Trinajstić information content (AvgIpc) is 2.39. The van der Waals surface area contributed by atoms with Crippen molar-refractivity contribution in [2.45, 2.75) is 18.8 Å². The van der Waals surface area contributed by atoms with Crippen LogP contribution in [-0.2, 0) is 9.53 Å². The summed E-state index contributed by atoms with van der Waals surface area (Å²) in [4.78, 5) is 21.6. The first-order chi connectivity index (χ1) is 8.60. The molecule has 94 valence electrons. The number of nitro benzene ring substituents is 1. The number of benzene rings is 1. The van der Waals surface area contributed by atoms with Crippen LogP contribution in [0.25, 0.3) is 0 Å². The topological polar surface area (TPSA) is 93.2 Å². The van der Waals surface area contributed by atoms with Crippen LogP contribution >= 0.6 is 0 Å². The summed E-state index contributed by atoms with van der Waals surface area (Å²) in [5.74, 6) is -1.01. The second-order valence-electron chi connectivity index (χ2n) is 3.62. The monoisotopic (exact) mass is 248 g/mol. The van der Waals surface area contributed by atoms with Gasteiger partial charge in [-0.15, -0.1) is 0 Å². The van der Waals surface area contributed by atoms with E-state index >= 15 is 0 Å². The third-order valence-corrected chi connectivity index (χ3v) is 2.54. The molecule has 1 aromatic carbocycles. The highest BCUT2D eigenvalue weighted by atomic mass is 16.6. The second-order valence-corrected chi connectivity index (χ2v) is 3.62. The molecule has 18 heavy (non-hydrogen) atoms. The predicted molar refractivity (Wildman–Crippen MR) is 62.7 cm³/mol. The first kappa shape index (κ1) is 13.6. The SMILES string of the molecule is COC(=O)C(CCC#N)c1ccc([N+](=O)[O-])cc1. The lowest BCUT2D eigenvalue weighted by Gasteiger charge is -2.13. The standard InChI is InChI=1S/C12H12N2O4/c1-18-12(15)11(3-2-8-13)9-4-6-10(7-5-9)14(16)17/h4-7,11H,2-3H2,1H3. The van der Waals surface area contributed by atoms with E-state index in [0.717, 1.165) is 0 Å². The van der Waals surface area contributed by atoms with Gasteiger partial charge < -0.3 is 4.74 Å². The number of ether oxygens (including phenoxy) is 1. The summed E-state index contributed by atoms with van der Waals surface area (Å²) in [6, 6.07) is 7.64. The second kappa shape index (κ2) is 6.35. The number of methoxy groups -OCH3 is 1. The molecule has 0 amide bonds. The Balaban J connectivity index is 2.95. The molecule has 0 aliphatic heterocycles. The number of nitriles is 1. The van der Waals surface area contributed by atoms with Crippen molar-refractivity contribution in [3.05, 3.63) is 39.9 Å². The molecule has 1 atom stereocenters. The van der Waals surface area contributed by atoms with E-state index in [1.807, 2.05) is 6.07 Å². The van der Waals surface area contributed by atoms with Crippen LogP contribution in [0.5, 0.6) is 0 Å². The number of hydrogen-bond acceptors (Lipinski definition) is 5. The smallest absolute Gasteiger partial charge is 0.313 e. The van der Waals surface area contributed by atoms with E-state index < -0.39 is 16.8 Å². The number of rotatable bonds is 5. The fourth-order valence-electron chi connectivity index (χ4n) is 1.60. The molecule has 0 bridgehead atoms. The molecule has 1 aromatic rings. The Kier molecular flexibility index (Phi) is 4.81. The Morgan fingerprint density at radius 3 is 2.56 bits per heavy atom. The van der Waals surface area contributed by atoms with Gasteiger partial charge in [0.1, 0.15) is 0 Å². The molecule has 0 fully saturated rings. The van der Waals surface area contributed by atoms with Gasteiger partial charge in [0.15, 0.2) is 0 Å². The molecular weight excluding hydrogens is 236 g/mol. The number of carbonyl (C=O) groups excluding carboxylic acids is 1. The van der Waals surface area contributed by atoms with Crippen molar-refractivity contribution in [3.63, 3.8) is 0 Å². The number of esters is 1. The number of nitro groups is 1. The summed E-state index contributed by atoms with van der Waals surface area (Å²) in [6.07, 6.45) is 0.553. The molecule has 0 saturated heterocycles. The molecule has 0 radical (unpaired) electrons. The Labute approximate surface area is 104 Å². The van der Waals surface area contributed by atoms with Gasteiger partial charge in [-0.2, -0.15) is 5.26 Å². The lowest BCUT2D eigenvalue weighted by molar-refractivity contribution is -0.384. The van der Waals surface area contributed by atoms with Gasteiger partial charge in [0.2, 0.25) is 0 Å². The number of nitrogens with zero attached hydrogens (tertiary/aromatic N) is 2. The first-order valence-electron chi connectivity index (χ1n) is 5.29. The zero-order valence-electron chi connectivity index (χ0n) is 9.83. The Morgan fingerprint density at radius 1 is 1.50 bits per heavy atom. The fraction of sp³-hybridized carbons (Fsp3) is 0.333. The van der Waals surface area contributed by atoms with E-state index in [0.29, 0.717) is 12.0 Å². The highest BCUT2D eigenvalue weighted by Crippen LogP contribution is 2.24. The molecule has 1 rings (SSSR count). The molecule has 0 aromatic heterocycles. The zero-order valence-corrected chi connectivity index (χ0v) is 9.83. The van der Waals surface area contributed by atoms with Gasteiger partial charge in [0.25, 0.3) is 5.69 Å². The minimum Gasteiger partial charge on any atom is -0.469 e. The van der Waals surface area contributed by atoms with Gasteiger partial charge in [-0.05, 0) is 12.0 Å². The van der Waals surface area contributed by atoms with Gasteiger partial charge in [0, 0.05) is 18.6 Å². The van der Waals surface area contributed by atoms with Crippen LogP contribution in [0.2, 0.25) is 0 Å². The van der Waals surface area contributed by atoms with E-state index in [1.165, 1.54) is 31.4 Å². The van der Waals surface area contributed by atoms with Gasteiger partial charge in [-0.1, -0.05) is 12.1 Å². The molecule has 1 unspecified atom stereocenters. The average molecular weight is 248 g/mol. The summed E-state index contributed by atoms with van der Waals surface area (Å²) in [7, 11) is 1.27. The molecular formula is C12H12N2O4. The molecule has 0 heterocycles. The fourth-order valence-corrected chi connectivity index (χ4v) is 1.60. The summed E-state index contributed by atoms with van der Waals surface area (Å²) in [5, 5.41) is 19.1. The zero-order chi connectivity index (χ0) is 13.5. The van der Waals surface area contributed by atoms with Crippen molar-refractivity contribution in [2.75, 3.05) is 7.11 Å². The molecule has 0 N–H and O–H groups in total. The summed E-state index contributed by atoms with van der Waals surface area (Å²) in [6.45, 7) is 0. The van der Waals surface area contributed by atoms with Crippen molar-refractivity contribution in [2.24, 2.45) is 0 Å². The van der Waals surface area contributed by atoms with Gasteiger partial charge in [0.05, 0.1) is 24.0 Å². The van der Waals surface area contributed by atoms with Crippen molar-refractivity contribution < 1.29 is 14.5 Å².